The van der Waals surface area contributed by atoms with Crippen LogP contribution in [0.3, 0.4) is 0 Å². The monoisotopic (exact) mass is 398 g/mol. The second-order valence-electron chi connectivity index (χ2n) is 9.40. The highest BCUT2D eigenvalue weighted by Crippen LogP contribution is 2.25. The zero-order valence-corrected chi connectivity index (χ0v) is 20.2. The summed E-state index contributed by atoms with van der Waals surface area (Å²) in [6, 6.07) is 8.62. The molecule has 3 nitrogen and oxygen atoms in total. The number of carbonyl (C=O) groups is 1. The highest BCUT2D eigenvalue weighted by atomic mass is 16.2. The lowest BCUT2D eigenvalue weighted by molar-refractivity contribution is -0.126. The molecular weight excluding hydrogens is 356 g/mol. The highest BCUT2D eigenvalue weighted by molar-refractivity contribution is 6.06. The van der Waals surface area contributed by atoms with Crippen molar-refractivity contribution in [2.45, 2.75) is 80.6 Å². The van der Waals surface area contributed by atoms with Crippen LogP contribution >= 0.6 is 0 Å². The zero-order chi connectivity index (χ0) is 22.2. The molecule has 1 heterocycles. The predicted molar refractivity (Wildman–Crippen MR) is 127 cm³/mol. The molecule has 1 aliphatic rings. The molecule has 0 fully saturated rings. The van der Waals surface area contributed by atoms with Crippen molar-refractivity contribution in [2.24, 2.45) is 16.8 Å². The van der Waals surface area contributed by atoms with Crippen LogP contribution in [0.15, 0.2) is 41.0 Å². The summed E-state index contributed by atoms with van der Waals surface area (Å²) in [6.07, 6.45) is 4.19. The smallest absolute Gasteiger partial charge is 0.272 e. The van der Waals surface area contributed by atoms with E-state index < -0.39 is 0 Å². The van der Waals surface area contributed by atoms with E-state index in [1.165, 1.54) is 12.0 Å². The standard InChI is InChI=1S/C21H30N2O.C5H12/c1-7-23(8-2)20(24)19-14-15(3)13-18(22-19)16-9-11-17(12-10-16)21(4,5)6;1-4-5(2)3/h9-12,14-15H,7-8,13H2,1-6H3;5H,4H2,1-3H3. The van der Waals surface area contributed by atoms with Gasteiger partial charge in [0.1, 0.15) is 5.70 Å². The number of hydrogen-bond donors (Lipinski definition) is 0. The largest absolute Gasteiger partial charge is 0.338 e. The van der Waals surface area contributed by atoms with Gasteiger partial charge in [0.05, 0.1) is 0 Å². The Morgan fingerprint density at radius 2 is 1.62 bits per heavy atom. The van der Waals surface area contributed by atoms with Gasteiger partial charge in [-0.05, 0) is 54.7 Å². The number of amides is 1. The van der Waals surface area contributed by atoms with Crippen molar-refractivity contribution < 1.29 is 4.79 Å². The minimum Gasteiger partial charge on any atom is -0.338 e. The zero-order valence-electron chi connectivity index (χ0n) is 20.2. The fraction of sp³-hybridized carbons (Fsp3) is 0.615. The minimum atomic E-state index is 0.0374. The molecule has 1 amide bonds. The molecule has 0 saturated carbocycles. The van der Waals surface area contributed by atoms with E-state index in [1.807, 2.05) is 24.8 Å². The van der Waals surface area contributed by atoms with Crippen LogP contribution in [0.25, 0.3) is 0 Å². The molecule has 1 atom stereocenters. The van der Waals surface area contributed by atoms with Gasteiger partial charge in [-0.3, -0.25) is 4.79 Å². The van der Waals surface area contributed by atoms with Crippen molar-refractivity contribution in [1.29, 1.82) is 0 Å². The van der Waals surface area contributed by atoms with Gasteiger partial charge in [0.2, 0.25) is 0 Å². The minimum absolute atomic E-state index is 0.0374. The third-order valence-electron chi connectivity index (χ3n) is 5.38. The summed E-state index contributed by atoms with van der Waals surface area (Å²) < 4.78 is 0. The Kier molecular flexibility index (Phi) is 9.82. The first-order valence-corrected chi connectivity index (χ1v) is 11.2. The van der Waals surface area contributed by atoms with Gasteiger partial charge in [-0.15, -0.1) is 0 Å². The topological polar surface area (TPSA) is 32.7 Å². The van der Waals surface area contributed by atoms with Gasteiger partial charge < -0.3 is 4.90 Å². The van der Waals surface area contributed by atoms with Crippen molar-refractivity contribution in [3.63, 3.8) is 0 Å². The molecule has 0 saturated heterocycles. The van der Waals surface area contributed by atoms with Crippen LogP contribution in [-0.4, -0.2) is 29.6 Å². The van der Waals surface area contributed by atoms with E-state index in [-0.39, 0.29) is 11.3 Å². The fourth-order valence-corrected chi connectivity index (χ4v) is 3.00. The Morgan fingerprint density at radius 3 is 2.03 bits per heavy atom. The first-order chi connectivity index (χ1) is 13.5. The van der Waals surface area contributed by atoms with Crippen LogP contribution in [0, 0.1) is 11.8 Å². The van der Waals surface area contributed by atoms with Crippen LogP contribution < -0.4 is 0 Å². The molecule has 162 valence electrons. The maximum absolute atomic E-state index is 12.6. The van der Waals surface area contributed by atoms with Gasteiger partial charge in [0.15, 0.2) is 0 Å². The maximum Gasteiger partial charge on any atom is 0.272 e. The van der Waals surface area contributed by atoms with Crippen molar-refractivity contribution in [3.8, 4) is 0 Å². The van der Waals surface area contributed by atoms with E-state index in [9.17, 15) is 4.79 Å². The number of carbonyl (C=O) groups excluding carboxylic acids is 1. The quantitative estimate of drug-likeness (QED) is 0.548. The van der Waals surface area contributed by atoms with Gasteiger partial charge >= 0.3 is 0 Å². The Hall–Kier alpha value is -1.90. The van der Waals surface area contributed by atoms with Crippen LogP contribution in [0.4, 0.5) is 0 Å². The average molecular weight is 399 g/mol. The van der Waals surface area contributed by atoms with E-state index in [2.05, 4.69) is 72.7 Å². The summed E-state index contributed by atoms with van der Waals surface area (Å²) in [4.78, 5) is 19.1. The lowest BCUT2D eigenvalue weighted by Gasteiger charge is -2.23. The molecule has 1 unspecified atom stereocenters. The number of allylic oxidation sites excluding steroid dienone is 1. The average Bonchev–Trinajstić information content (AvgIpc) is 2.68. The third-order valence-corrected chi connectivity index (χ3v) is 5.38. The summed E-state index contributed by atoms with van der Waals surface area (Å²) in [6.45, 7) is 20.9. The Bertz CT molecular complexity index is 701. The van der Waals surface area contributed by atoms with Crippen LogP contribution in [0.2, 0.25) is 0 Å². The molecule has 1 aromatic rings. The number of hydrogen-bond acceptors (Lipinski definition) is 2. The SMILES string of the molecule is CCC(C)C.CCN(CC)C(=O)C1=CC(C)CC(c2ccc(C(C)(C)C)cc2)=N1. The van der Waals surface area contributed by atoms with Crippen LogP contribution in [0.5, 0.6) is 0 Å². The van der Waals surface area contributed by atoms with E-state index in [4.69, 9.17) is 4.99 Å². The van der Waals surface area contributed by atoms with Gasteiger partial charge in [0, 0.05) is 18.8 Å². The van der Waals surface area contributed by atoms with Gasteiger partial charge in [-0.1, -0.05) is 79.2 Å². The number of likely N-dealkylation sites (N-methyl/N-ethyl adjacent to an activating group) is 1. The molecular formula is C26H42N2O. The van der Waals surface area contributed by atoms with Crippen molar-refractivity contribution in [3.05, 3.63) is 47.2 Å². The summed E-state index contributed by atoms with van der Waals surface area (Å²) in [5, 5.41) is 0. The fourth-order valence-electron chi connectivity index (χ4n) is 3.00. The van der Waals surface area contributed by atoms with Crippen molar-refractivity contribution in [2.75, 3.05) is 13.1 Å². The molecule has 3 heteroatoms. The first kappa shape index (κ1) is 25.1. The predicted octanol–water partition coefficient (Wildman–Crippen LogP) is 6.62. The number of nitrogens with zero attached hydrogens (tertiary/aromatic N) is 2. The Morgan fingerprint density at radius 1 is 1.10 bits per heavy atom. The van der Waals surface area contributed by atoms with E-state index in [1.54, 1.807) is 0 Å². The summed E-state index contributed by atoms with van der Waals surface area (Å²) in [5.41, 5.74) is 4.18. The summed E-state index contributed by atoms with van der Waals surface area (Å²) >= 11 is 0. The summed E-state index contributed by atoms with van der Waals surface area (Å²) in [7, 11) is 0. The second-order valence-corrected chi connectivity index (χ2v) is 9.40. The molecule has 0 aromatic heterocycles. The molecule has 0 spiro atoms. The van der Waals surface area contributed by atoms with E-state index in [0.717, 1.165) is 23.6 Å². The Balaban J connectivity index is 0.000000749. The number of aliphatic imine (C=N–C) groups is 1. The van der Waals surface area contributed by atoms with Crippen molar-refractivity contribution in [1.82, 2.24) is 4.90 Å². The molecule has 0 N–H and O–H groups in total. The van der Waals surface area contributed by atoms with E-state index >= 15 is 0 Å². The number of benzene rings is 1. The molecule has 29 heavy (non-hydrogen) atoms. The molecule has 0 radical (unpaired) electrons. The number of rotatable bonds is 5. The normalized spacial score (nSPS) is 16.6. The highest BCUT2D eigenvalue weighted by Gasteiger charge is 2.22. The molecule has 1 aliphatic heterocycles. The van der Waals surface area contributed by atoms with Crippen LogP contribution in [-0.2, 0) is 10.2 Å². The van der Waals surface area contributed by atoms with Gasteiger partial charge in [-0.25, -0.2) is 4.99 Å². The molecule has 2 rings (SSSR count). The molecule has 0 bridgehead atoms. The van der Waals surface area contributed by atoms with Crippen LogP contribution in [0.1, 0.15) is 86.3 Å². The van der Waals surface area contributed by atoms with Crippen molar-refractivity contribution >= 4 is 11.6 Å². The second kappa shape index (κ2) is 11.3. The molecule has 1 aromatic carbocycles. The first-order valence-electron chi connectivity index (χ1n) is 11.2. The molecule has 0 aliphatic carbocycles. The summed E-state index contributed by atoms with van der Waals surface area (Å²) in [5.74, 6) is 1.25. The lowest BCUT2D eigenvalue weighted by atomic mass is 9.86. The van der Waals surface area contributed by atoms with Gasteiger partial charge in [-0.2, -0.15) is 0 Å². The maximum atomic E-state index is 12.6. The third kappa shape index (κ3) is 7.79. The van der Waals surface area contributed by atoms with E-state index in [0.29, 0.717) is 24.7 Å². The lowest BCUT2D eigenvalue weighted by Crippen LogP contribution is -2.32. The van der Waals surface area contributed by atoms with Gasteiger partial charge in [0.25, 0.3) is 5.91 Å². The Labute approximate surface area is 179 Å².